The molecule has 0 aliphatic carbocycles. The normalized spacial score (nSPS) is 10.2. The molecular formula is C17H19FN2O. The molecule has 2 aromatic rings. The number of hydrogen-bond donors (Lipinski definition) is 1. The van der Waals surface area contributed by atoms with Gasteiger partial charge in [0.25, 0.3) is 0 Å². The number of nitrogens with zero attached hydrogens (tertiary/aromatic N) is 1. The van der Waals surface area contributed by atoms with Crippen LogP contribution >= 0.6 is 0 Å². The summed E-state index contributed by atoms with van der Waals surface area (Å²) < 4.78 is 13.1. The van der Waals surface area contributed by atoms with E-state index in [-0.39, 0.29) is 11.7 Å². The summed E-state index contributed by atoms with van der Waals surface area (Å²) in [5.74, 6) is -0.317. The van der Waals surface area contributed by atoms with Crippen molar-refractivity contribution in [2.24, 2.45) is 0 Å². The number of halogens is 1. The average molecular weight is 286 g/mol. The standard InChI is InChI=1S/C17H19FN2O/c1-13-4-3-5-17(12-13)20(11-10-19-14(2)21)16-8-6-15(18)7-9-16/h3-9,12H,10-11H2,1-2H3,(H,19,21). The van der Waals surface area contributed by atoms with Gasteiger partial charge in [0.15, 0.2) is 0 Å². The minimum Gasteiger partial charge on any atom is -0.355 e. The molecule has 0 heterocycles. The van der Waals surface area contributed by atoms with E-state index in [0.29, 0.717) is 13.1 Å². The van der Waals surface area contributed by atoms with Gasteiger partial charge in [0.05, 0.1) is 0 Å². The number of nitrogens with one attached hydrogen (secondary N) is 1. The highest BCUT2D eigenvalue weighted by Gasteiger charge is 2.09. The quantitative estimate of drug-likeness (QED) is 0.913. The van der Waals surface area contributed by atoms with Crippen molar-refractivity contribution in [1.29, 1.82) is 0 Å². The smallest absolute Gasteiger partial charge is 0.216 e. The molecule has 0 saturated heterocycles. The van der Waals surface area contributed by atoms with Gasteiger partial charge in [0, 0.05) is 31.4 Å². The van der Waals surface area contributed by atoms with Crippen LogP contribution in [0.5, 0.6) is 0 Å². The number of rotatable bonds is 5. The predicted octanol–water partition coefficient (Wildman–Crippen LogP) is 3.41. The van der Waals surface area contributed by atoms with Crippen LogP contribution in [0.4, 0.5) is 15.8 Å². The van der Waals surface area contributed by atoms with E-state index in [1.165, 1.54) is 19.1 Å². The van der Waals surface area contributed by atoms with E-state index < -0.39 is 0 Å². The summed E-state index contributed by atoms with van der Waals surface area (Å²) in [5.41, 5.74) is 3.07. The van der Waals surface area contributed by atoms with Crippen molar-refractivity contribution in [3.63, 3.8) is 0 Å². The lowest BCUT2D eigenvalue weighted by atomic mass is 10.2. The van der Waals surface area contributed by atoms with Gasteiger partial charge in [0.2, 0.25) is 5.91 Å². The molecule has 0 saturated carbocycles. The summed E-state index contributed by atoms with van der Waals surface area (Å²) in [4.78, 5) is 13.1. The van der Waals surface area contributed by atoms with Gasteiger partial charge in [-0.05, 0) is 48.9 Å². The third-order valence-electron chi connectivity index (χ3n) is 3.16. The Morgan fingerprint density at radius 3 is 2.48 bits per heavy atom. The Morgan fingerprint density at radius 2 is 1.86 bits per heavy atom. The van der Waals surface area contributed by atoms with Crippen molar-refractivity contribution in [3.8, 4) is 0 Å². The molecule has 0 aliphatic heterocycles. The molecule has 0 atom stereocenters. The Bertz CT molecular complexity index is 610. The van der Waals surface area contributed by atoms with Crippen molar-refractivity contribution in [1.82, 2.24) is 5.32 Å². The van der Waals surface area contributed by atoms with E-state index in [1.807, 2.05) is 25.1 Å². The summed E-state index contributed by atoms with van der Waals surface area (Å²) in [6.07, 6.45) is 0. The molecule has 1 amide bonds. The number of hydrogen-bond acceptors (Lipinski definition) is 2. The fraction of sp³-hybridized carbons (Fsp3) is 0.235. The molecule has 0 radical (unpaired) electrons. The molecule has 0 aromatic heterocycles. The molecule has 21 heavy (non-hydrogen) atoms. The Hall–Kier alpha value is -2.36. The van der Waals surface area contributed by atoms with Gasteiger partial charge in [-0.2, -0.15) is 0 Å². The first-order valence-corrected chi connectivity index (χ1v) is 6.90. The number of amides is 1. The van der Waals surface area contributed by atoms with Gasteiger partial charge in [0.1, 0.15) is 5.82 Å². The van der Waals surface area contributed by atoms with Gasteiger partial charge in [-0.15, -0.1) is 0 Å². The number of aryl methyl sites for hydroxylation is 1. The minimum absolute atomic E-state index is 0.0571. The van der Waals surface area contributed by atoms with E-state index in [1.54, 1.807) is 12.1 Å². The molecule has 2 rings (SSSR count). The fourth-order valence-electron chi connectivity index (χ4n) is 2.17. The first-order valence-electron chi connectivity index (χ1n) is 6.90. The molecule has 0 bridgehead atoms. The predicted molar refractivity (Wildman–Crippen MR) is 83.3 cm³/mol. The van der Waals surface area contributed by atoms with Crippen LogP contribution in [0.1, 0.15) is 12.5 Å². The minimum atomic E-state index is -0.259. The molecule has 0 fully saturated rings. The van der Waals surface area contributed by atoms with Gasteiger partial charge < -0.3 is 10.2 Å². The molecule has 1 N–H and O–H groups in total. The number of carbonyl (C=O) groups is 1. The van der Waals surface area contributed by atoms with Crippen molar-refractivity contribution >= 4 is 17.3 Å². The second kappa shape index (κ2) is 6.88. The molecule has 110 valence electrons. The van der Waals surface area contributed by atoms with E-state index in [9.17, 15) is 9.18 Å². The third-order valence-corrected chi connectivity index (χ3v) is 3.16. The van der Waals surface area contributed by atoms with E-state index in [0.717, 1.165) is 16.9 Å². The second-order valence-electron chi connectivity index (χ2n) is 4.95. The van der Waals surface area contributed by atoms with Gasteiger partial charge >= 0.3 is 0 Å². The zero-order chi connectivity index (χ0) is 15.2. The second-order valence-corrected chi connectivity index (χ2v) is 4.95. The third kappa shape index (κ3) is 4.31. The lowest BCUT2D eigenvalue weighted by molar-refractivity contribution is -0.118. The molecule has 3 nitrogen and oxygen atoms in total. The van der Waals surface area contributed by atoms with Crippen molar-refractivity contribution in [2.75, 3.05) is 18.0 Å². The number of anilines is 2. The van der Waals surface area contributed by atoms with Gasteiger partial charge in [-0.1, -0.05) is 12.1 Å². The largest absolute Gasteiger partial charge is 0.355 e. The van der Waals surface area contributed by atoms with Crippen LogP contribution in [-0.4, -0.2) is 19.0 Å². The van der Waals surface area contributed by atoms with Crippen LogP contribution in [0.15, 0.2) is 48.5 Å². The van der Waals surface area contributed by atoms with E-state index in [4.69, 9.17) is 0 Å². The van der Waals surface area contributed by atoms with Crippen LogP contribution in [0.25, 0.3) is 0 Å². The number of benzene rings is 2. The molecule has 0 spiro atoms. The first-order chi connectivity index (χ1) is 10.1. The maximum Gasteiger partial charge on any atom is 0.216 e. The highest BCUT2D eigenvalue weighted by molar-refractivity contribution is 5.73. The zero-order valence-electron chi connectivity index (χ0n) is 12.3. The monoisotopic (exact) mass is 286 g/mol. The van der Waals surface area contributed by atoms with Crippen LogP contribution in [0.2, 0.25) is 0 Å². The van der Waals surface area contributed by atoms with E-state index >= 15 is 0 Å². The maximum atomic E-state index is 13.1. The van der Waals surface area contributed by atoms with E-state index in [2.05, 4.69) is 16.3 Å². The first kappa shape index (κ1) is 15.0. The summed E-state index contributed by atoms with van der Waals surface area (Å²) >= 11 is 0. The van der Waals surface area contributed by atoms with Gasteiger partial charge in [-0.25, -0.2) is 4.39 Å². The summed E-state index contributed by atoms with van der Waals surface area (Å²) in [6, 6.07) is 14.4. The van der Waals surface area contributed by atoms with Crippen LogP contribution in [0.3, 0.4) is 0 Å². The Labute approximate surface area is 124 Å². The van der Waals surface area contributed by atoms with Crippen LogP contribution in [0, 0.1) is 12.7 Å². The fourth-order valence-corrected chi connectivity index (χ4v) is 2.17. The molecule has 0 aliphatic rings. The topological polar surface area (TPSA) is 32.3 Å². The molecular weight excluding hydrogens is 267 g/mol. The average Bonchev–Trinajstić information content (AvgIpc) is 2.44. The molecule has 4 heteroatoms. The van der Waals surface area contributed by atoms with Crippen molar-refractivity contribution < 1.29 is 9.18 Å². The van der Waals surface area contributed by atoms with Gasteiger partial charge in [-0.3, -0.25) is 4.79 Å². The highest BCUT2D eigenvalue weighted by atomic mass is 19.1. The SMILES string of the molecule is CC(=O)NCCN(c1ccc(F)cc1)c1cccc(C)c1. The zero-order valence-corrected chi connectivity index (χ0v) is 12.3. The Balaban J connectivity index is 2.25. The summed E-state index contributed by atoms with van der Waals surface area (Å²) in [7, 11) is 0. The Morgan fingerprint density at radius 1 is 1.14 bits per heavy atom. The maximum absolute atomic E-state index is 13.1. The number of carbonyl (C=O) groups excluding carboxylic acids is 1. The molecule has 2 aromatic carbocycles. The van der Waals surface area contributed by atoms with Crippen molar-refractivity contribution in [3.05, 3.63) is 59.9 Å². The summed E-state index contributed by atoms with van der Waals surface area (Å²) in [5, 5.41) is 2.79. The summed E-state index contributed by atoms with van der Waals surface area (Å²) in [6.45, 7) is 4.67. The van der Waals surface area contributed by atoms with Crippen molar-refractivity contribution in [2.45, 2.75) is 13.8 Å². The van der Waals surface area contributed by atoms with Crippen LogP contribution in [-0.2, 0) is 4.79 Å². The highest BCUT2D eigenvalue weighted by Crippen LogP contribution is 2.25. The van der Waals surface area contributed by atoms with Crippen LogP contribution < -0.4 is 10.2 Å². The Kier molecular flexibility index (Phi) is 4.93. The molecule has 0 unspecified atom stereocenters. The lowest BCUT2D eigenvalue weighted by Gasteiger charge is -2.25. The lowest BCUT2D eigenvalue weighted by Crippen LogP contribution is -2.31.